The molecule has 6 nitrogen and oxygen atoms in total. The number of amides is 1. The standard InChI is InChI=1S/C18H30N2O4/c21-17-2-1-7-19(17)12-16-3-6-18(24-16)13-20(8-11-23-14-18)15-4-9-22-10-5-15/h15-16H,1-14H2. The molecule has 0 aromatic heterocycles. The van der Waals surface area contributed by atoms with E-state index in [4.69, 9.17) is 14.2 Å². The van der Waals surface area contributed by atoms with Crippen LogP contribution >= 0.6 is 0 Å². The van der Waals surface area contributed by atoms with Crippen LogP contribution < -0.4 is 0 Å². The number of carbonyl (C=O) groups is 1. The molecule has 2 atom stereocenters. The van der Waals surface area contributed by atoms with Crippen LogP contribution in [0.15, 0.2) is 0 Å². The summed E-state index contributed by atoms with van der Waals surface area (Å²) in [6.07, 6.45) is 6.18. The minimum atomic E-state index is -0.178. The molecule has 4 heterocycles. The van der Waals surface area contributed by atoms with Gasteiger partial charge in [0, 0.05) is 51.9 Å². The van der Waals surface area contributed by atoms with Gasteiger partial charge in [0.15, 0.2) is 0 Å². The van der Waals surface area contributed by atoms with E-state index < -0.39 is 0 Å². The Morgan fingerprint density at radius 3 is 2.75 bits per heavy atom. The van der Waals surface area contributed by atoms with Crippen LogP contribution in [0, 0.1) is 0 Å². The largest absolute Gasteiger partial charge is 0.381 e. The zero-order valence-corrected chi connectivity index (χ0v) is 14.6. The highest BCUT2D eigenvalue weighted by atomic mass is 16.6. The monoisotopic (exact) mass is 338 g/mol. The normalized spacial score (nSPS) is 36.6. The molecule has 136 valence electrons. The van der Waals surface area contributed by atoms with Gasteiger partial charge in [0.25, 0.3) is 0 Å². The van der Waals surface area contributed by atoms with E-state index >= 15 is 0 Å². The molecule has 4 aliphatic rings. The Morgan fingerprint density at radius 2 is 1.96 bits per heavy atom. The maximum Gasteiger partial charge on any atom is 0.222 e. The van der Waals surface area contributed by atoms with Gasteiger partial charge in [-0.3, -0.25) is 9.69 Å². The van der Waals surface area contributed by atoms with Crippen molar-refractivity contribution in [2.45, 2.75) is 56.3 Å². The van der Waals surface area contributed by atoms with Crippen LogP contribution in [-0.4, -0.2) is 86.1 Å². The molecular weight excluding hydrogens is 308 g/mol. The SMILES string of the molecule is O=C1CCCN1CC1CCC2(COCCN(C3CCOCC3)C2)O1. The highest BCUT2D eigenvalue weighted by Crippen LogP contribution is 2.35. The Morgan fingerprint density at radius 1 is 1.08 bits per heavy atom. The van der Waals surface area contributed by atoms with E-state index in [0.29, 0.717) is 25.0 Å². The van der Waals surface area contributed by atoms with Crippen molar-refractivity contribution in [2.75, 3.05) is 52.6 Å². The topological polar surface area (TPSA) is 51.2 Å². The number of hydrogen-bond acceptors (Lipinski definition) is 5. The summed E-state index contributed by atoms with van der Waals surface area (Å²) >= 11 is 0. The molecular formula is C18H30N2O4. The fourth-order valence-electron chi connectivity index (χ4n) is 4.69. The third-order valence-corrected chi connectivity index (χ3v) is 6.02. The molecule has 24 heavy (non-hydrogen) atoms. The maximum absolute atomic E-state index is 11.9. The van der Waals surface area contributed by atoms with E-state index in [1.165, 1.54) is 0 Å². The average molecular weight is 338 g/mol. The summed E-state index contributed by atoms with van der Waals surface area (Å²) in [5.74, 6) is 0.292. The van der Waals surface area contributed by atoms with Crippen molar-refractivity contribution in [3.63, 3.8) is 0 Å². The lowest BCUT2D eigenvalue weighted by Crippen LogP contribution is -2.50. The molecule has 2 unspecified atom stereocenters. The van der Waals surface area contributed by atoms with Crippen molar-refractivity contribution in [2.24, 2.45) is 0 Å². The number of rotatable bonds is 3. The molecule has 0 N–H and O–H groups in total. The van der Waals surface area contributed by atoms with E-state index in [-0.39, 0.29) is 11.7 Å². The molecule has 4 saturated heterocycles. The molecule has 4 fully saturated rings. The minimum Gasteiger partial charge on any atom is -0.381 e. The average Bonchev–Trinajstić information content (AvgIpc) is 3.11. The van der Waals surface area contributed by atoms with Gasteiger partial charge >= 0.3 is 0 Å². The zero-order chi connectivity index (χ0) is 16.4. The van der Waals surface area contributed by atoms with Gasteiger partial charge in [-0.1, -0.05) is 0 Å². The first-order valence-electron chi connectivity index (χ1n) is 9.59. The first-order valence-corrected chi connectivity index (χ1v) is 9.59. The van der Waals surface area contributed by atoms with Gasteiger partial charge in [-0.15, -0.1) is 0 Å². The smallest absolute Gasteiger partial charge is 0.222 e. The third kappa shape index (κ3) is 3.62. The Labute approximate surface area is 144 Å². The number of hydrogen-bond donors (Lipinski definition) is 0. The van der Waals surface area contributed by atoms with E-state index in [1.807, 2.05) is 4.90 Å². The van der Waals surface area contributed by atoms with Gasteiger partial charge in [0.1, 0.15) is 5.60 Å². The second-order valence-electron chi connectivity index (χ2n) is 7.77. The van der Waals surface area contributed by atoms with Gasteiger partial charge in [-0.2, -0.15) is 0 Å². The molecule has 0 aromatic rings. The van der Waals surface area contributed by atoms with Crippen LogP contribution in [0.5, 0.6) is 0 Å². The summed E-state index contributed by atoms with van der Waals surface area (Å²) in [5.41, 5.74) is -0.178. The number of carbonyl (C=O) groups excluding carboxylic acids is 1. The predicted octanol–water partition coefficient (Wildman–Crippen LogP) is 1.04. The third-order valence-electron chi connectivity index (χ3n) is 6.02. The molecule has 0 aliphatic carbocycles. The molecule has 0 radical (unpaired) electrons. The molecule has 1 amide bonds. The van der Waals surface area contributed by atoms with Crippen LogP contribution in [0.4, 0.5) is 0 Å². The number of nitrogens with zero attached hydrogens (tertiary/aromatic N) is 2. The molecule has 0 bridgehead atoms. The van der Waals surface area contributed by atoms with Gasteiger partial charge < -0.3 is 19.1 Å². The zero-order valence-electron chi connectivity index (χ0n) is 14.6. The second kappa shape index (κ2) is 7.28. The molecule has 4 rings (SSSR count). The fourth-order valence-corrected chi connectivity index (χ4v) is 4.69. The minimum absolute atomic E-state index is 0.172. The second-order valence-corrected chi connectivity index (χ2v) is 7.77. The highest BCUT2D eigenvalue weighted by molar-refractivity contribution is 5.78. The molecule has 1 spiro atoms. The lowest BCUT2D eigenvalue weighted by atomic mass is 9.98. The van der Waals surface area contributed by atoms with Crippen LogP contribution in [0.3, 0.4) is 0 Å². The fraction of sp³-hybridized carbons (Fsp3) is 0.944. The quantitative estimate of drug-likeness (QED) is 0.770. The molecule has 4 aliphatic heterocycles. The maximum atomic E-state index is 11.9. The van der Waals surface area contributed by atoms with Crippen LogP contribution in [0.2, 0.25) is 0 Å². The Kier molecular flexibility index (Phi) is 5.08. The number of ether oxygens (including phenoxy) is 3. The van der Waals surface area contributed by atoms with E-state index in [9.17, 15) is 4.79 Å². The van der Waals surface area contributed by atoms with E-state index in [0.717, 1.165) is 78.1 Å². The van der Waals surface area contributed by atoms with Crippen LogP contribution in [0.1, 0.15) is 38.5 Å². The highest BCUT2D eigenvalue weighted by Gasteiger charge is 2.45. The summed E-state index contributed by atoms with van der Waals surface area (Å²) in [4.78, 5) is 16.4. The lowest BCUT2D eigenvalue weighted by molar-refractivity contribution is -0.132. The van der Waals surface area contributed by atoms with Crippen molar-refractivity contribution in [3.05, 3.63) is 0 Å². The van der Waals surface area contributed by atoms with Crippen molar-refractivity contribution in [1.82, 2.24) is 9.80 Å². The predicted molar refractivity (Wildman–Crippen MR) is 88.9 cm³/mol. The van der Waals surface area contributed by atoms with Gasteiger partial charge in [-0.25, -0.2) is 0 Å². The summed E-state index contributed by atoms with van der Waals surface area (Å²) in [5, 5.41) is 0. The lowest BCUT2D eigenvalue weighted by Gasteiger charge is -2.38. The van der Waals surface area contributed by atoms with Gasteiger partial charge in [0.05, 0.1) is 19.3 Å². The first kappa shape index (κ1) is 16.8. The summed E-state index contributed by atoms with van der Waals surface area (Å²) < 4.78 is 17.9. The molecule has 6 heteroatoms. The van der Waals surface area contributed by atoms with Crippen molar-refractivity contribution in [1.29, 1.82) is 0 Å². The first-order chi connectivity index (χ1) is 11.7. The summed E-state index contributed by atoms with van der Waals surface area (Å²) in [7, 11) is 0. The van der Waals surface area contributed by atoms with Crippen LogP contribution in [-0.2, 0) is 19.0 Å². The van der Waals surface area contributed by atoms with Crippen molar-refractivity contribution < 1.29 is 19.0 Å². The Bertz CT molecular complexity index is 454. The van der Waals surface area contributed by atoms with Crippen LogP contribution in [0.25, 0.3) is 0 Å². The van der Waals surface area contributed by atoms with E-state index in [1.54, 1.807) is 0 Å². The molecule has 0 aromatic carbocycles. The Balaban J connectivity index is 1.37. The summed E-state index contributed by atoms with van der Waals surface area (Å²) in [6.45, 7) is 6.83. The van der Waals surface area contributed by atoms with Crippen molar-refractivity contribution >= 4 is 5.91 Å². The Hall–Kier alpha value is -0.690. The number of likely N-dealkylation sites (tertiary alicyclic amines) is 1. The summed E-state index contributed by atoms with van der Waals surface area (Å²) in [6, 6.07) is 0.597. The van der Waals surface area contributed by atoms with Gasteiger partial charge in [-0.05, 0) is 32.1 Å². The van der Waals surface area contributed by atoms with Crippen molar-refractivity contribution in [3.8, 4) is 0 Å². The van der Waals surface area contributed by atoms with E-state index in [2.05, 4.69) is 4.90 Å². The molecule has 0 saturated carbocycles. The van der Waals surface area contributed by atoms with Gasteiger partial charge in [0.2, 0.25) is 5.91 Å².